The van der Waals surface area contributed by atoms with Crippen LogP contribution in [-0.2, 0) is 5.41 Å². The van der Waals surface area contributed by atoms with Crippen molar-refractivity contribution in [2.75, 3.05) is 7.05 Å². The van der Waals surface area contributed by atoms with Gasteiger partial charge in [-0.3, -0.25) is 0 Å². The SMILES string of the molecule is CNC(C)C(C)c1nc(C(C)(C)c2ccc(F)cc2)no1. The van der Waals surface area contributed by atoms with E-state index in [1.807, 2.05) is 27.8 Å². The van der Waals surface area contributed by atoms with Gasteiger partial charge >= 0.3 is 0 Å². The minimum absolute atomic E-state index is 0.125. The summed E-state index contributed by atoms with van der Waals surface area (Å²) in [6.45, 7) is 8.12. The smallest absolute Gasteiger partial charge is 0.231 e. The van der Waals surface area contributed by atoms with Crippen molar-refractivity contribution in [1.82, 2.24) is 15.5 Å². The first-order chi connectivity index (χ1) is 9.86. The van der Waals surface area contributed by atoms with Crippen molar-refractivity contribution in [1.29, 1.82) is 0 Å². The monoisotopic (exact) mass is 291 g/mol. The summed E-state index contributed by atoms with van der Waals surface area (Å²) in [5, 5.41) is 7.30. The van der Waals surface area contributed by atoms with Crippen LogP contribution in [0.15, 0.2) is 28.8 Å². The second kappa shape index (κ2) is 5.93. The molecule has 0 aliphatic heterocycles. The number of benzene rings is 1. The number of likely N-dealkylation sites (N-methyl/N-ethyl adjacent to an activating group) is 1. The molecule has 2 rings (SSSR count). The zero-order valence-corrected chi connectivity index (χ0v) is 13.1. The van der Waals surface area contributed by atoms with Gasteiger partial charge in [0.2, 0.25) is 5.89 Å². The van der Waals surface area contributed by atoms with Gasteiger partial charge in [-0.25, -0.2) is 4.39 Å². The Bertz CT molecular complexity index is 592. The molecule has 5 heteroatoms. The van der Waals surface area contributed by atoms with Gasteiger partial charge in [-0.2, -0.15) is 4.98 Å². The number of halogens is 1. The van der Waals surface area contributed by atoms with Crippen molar-refractivity contribution < 1.29 is 8.91 Å². The molecule has 1 N–H and O–H groups in total. The highest BCUT2D eigenvalue weighted by Gasteiger charge is 2.30. The summed E-state index contributed by atoms with van der Waals surface area (Å²) in [6, 6.07) is 6.65. The molecule has 0 spiro atoms. The molecule has 0 aliphatic rings. The van der Waals surface area contributed by atoms with E-state index in [9.17, 15) is 4.39 Å². The third kappa shape index (κ3) is 3.13. The van der Waals surface area contributed by atoms with E-state index in [1.54, 1.807) is 12.1 Å². The van der Waals surface area contributed by atoms with Gasteiger partial charge in [-0.05, 0) is 45.5 Å². The van der Waals surface area contributed by atoms with Gasteiger partial charge in [0.05, 0.1) is 11.3 Å². The molecule has 2 unspecified atom stereocenters. The van der Waals surface area contributed by atoms with Crippen molar-refractivity contribution in [3.63, 3.8) is 0 Å². The largest absolute Gasteiger partial charge is 0.339 e. The highest BCUT2D eigenvalue weighted by atomic mass is 19.1. The summed E-state index contributed by atoms with van der Waals surface area (Å²) in [5.41, 5.74) is 0.517. The van der Waals surface area contributed by atoms with Crippen LogP contribution in [0.25, 0.3) is 0 Å². The summed E-state index contributed by atoms with van der Waals surface area (Å²) in [5.74, 6) is 1.10. The number of hydrogen-bond donors (Lipinski definition) is 1. The summed E-state index contributed by atoms with van der Waals surface area (Å²) in [4.78, 5) is 4.54. The summed E-state index contributed by atoms with van der Waals surface area (Å²) in [7, 11) is 1.90. The molecule has 21 heavy (non-hydrogen) atoms. The van der Waals surface area contributed by atoms with E-state index in [-0.39, 0.29) is 17.8 Å². The van der Waals surface area contributed by atoms with Gasteiger partial charge in [0, 0.05) is 6.04 Å². The van der Waals surface area contributed by atoms with Crippen molar-refractivity contribution in [2.45, 2.75) is 45.1 Å². The molecule has 0 aliphatic carbocycles. The molecule has 2 aromatic rings. The molecule has 0 fully saturated rings. The normalized spacial score (nSPS) is 15.0. The fourth-order valence-corrected chi connectivity index (χ4v) is 2.13. The van der Waals surface area contributed by atoms with Crippen LogP contribution in [0.3, 0.4) is 0 Å². The highest BCUT2D eigenvalue weighted by Crippen LogP contribution is 2.30. The lowest BCUT2D eigenvalue weighted by molar-refractivity contribution is 0.329. The van der Waals surface area contributed by atoms with Crippen LogP contribution in [-0.4, -0.2) is 23.2 Å². The molecule has 114 valence electrons. The van der Waals surface area contributed by atoms with Crippen molar-refractivity contribution in [3.8, 4) is 0 Å². The third-order valence-corrected chi connectivity index (χ3v) is 4.16. The van der Waals surface area contributed by atoms with Gasteiger partial charge < -0.3 is 9.84 Å². The van der Waals surface area contributed by atoms with Gasteiger partial charge in [0.1, 0.15) is 5.82 Å². The van der Waals surface area contributed by atoms with E-state index in [0.717, 1.165) is 5.56 Å². The predicted octanol–water partition coefficient (Wildman–Crippen LogP) is 3.25. The standard InChI is InChI=1S/C16H22FN3O/c1-10(11(2)18-5)14-19-15(20-21-14)16(3,4)12-6-8-13(17)9-7-12/h6-11,18H,1-5H3. The van der Waals surface area contributed by atoms with Gasteiger partial charge in [-0.1, -0.05) is 24.2 Å². The van der Waals surface area contributed by atoms with Crippen LogP contribution < -0.4 is 5.32 Å². The Kier molecular flexibility index (Phi) is 4.42. The van der Waals surface area contributed by atoms with Crippen LogP contribution >= 0.6 is 0 Å². The topological polar surface area (TPSA) is 51.0 Å². The molecule has 0 amide bonds. The first kappa shape index (κ1) is 15.6. The van der Waals surface area contributed by atoms with Crippen LogP contribution in [0.4, 0.5) is 4.39 Å². The lowest BCUT2D eigenvalue weighted by Crippen LogP contribution is -2.27. The Morgan fingerprint density at radius 2 is 1.81 bits per heavy atom. The molecule has 0 radical (unpaired) electrons. The van der Waals surface area contributed by atoms with Gasteiger partial charge in [0.15, 0.2) is 5.82 Å². The van der Waals surface area contributed by atoms with E-state index >= 15 is 0 Å². The molecule has 2 atom stereocenters. The number of rotatable bonds is 5. The van der Waals surface area contributed by atoms with E-state index in [4.69, 9.17) is 4.52 Å². The Balaban J connectivity index is 2.29. The minimum atomic E-state index is -0.432. The zero-order chi connectivity index (χ0) is 15.6. The van der Waals surface area contributed by atoms with Crippen LogP contribution in [0.2, 0.25) is 0 Å². The van der Waals surface area contributed by atoms with Crippen LogP contribution in [0, 0.1) is 5.82 Å². The van der Waals surface area contributed by atoms with E-state index in [2.05, 4.69) is 22.4 Å². The van der Waals surface area contributed by atoms with Crippen molar-refractivity contribution >= 4 is 0 Å². The van der Waals surface area contributed by atoms with Crippen LogP contribution in [0.5, 0.6) is 0 Å². The first-order valence-electron chi connectivity index (χ1n) is 7.13. The number of nitrogens with one attached hydrogen (secondary N) is 1. The maximum atomic E-state index is 13.1. The molecular formula is C16H22FN3O. The average Bonchev–Trinajstić information content (AvgIpc) is 2.96. The second-order valence-electron chi connectivity index (χ2n) is 5.95. The molecular weight excluding hydrogens is 269 g/mol. The third-order valence-electron chi connectivity index (χ3n) is 4.16. The number of hydrogen-bond acceptors (Lipinski definition) is 4. The molecule has 0 saturated carbocycles. The highest BCUT2D eigenvalue weighted by molar-refractivity contribution is 5.30. The second-order valence-corrected chi connectivity index (χ2v) is 5.95. The minimum Gasteiger partial charge on any atom is -0.339 e. The van der Waals surface area contributed by atoms with Crippen LogP contribution in [0.1, 0.15) is 50.9 Å². The molecule has 0 bridgehead atoms. The van der Waals surface area contributed by atoms with Gasteiger partial charge in [0.25, 0.3) is 0 Å². The predicted molar refractivity (Wildman–Crippen MR) is 79.8 cm³/mol. The Hall–Kier alpha value is -1.75. The molecule has 1 aromatic carbocycles. The Morgan fingerprint density at radius 1 is 1.19 bits per heavy atom. The fourth-order valence-electron chi connectivity index (χ4n) is 2.13. The summed E-state index contributed by atoms with van der Waals surface area (Å²) < 4.78 is 18.5. The Labute approximate surface area is 124 Å². The summed E-state index contributed by atoms with van der Waals surface area (Å²) >= 11 is 0. The summed E-state index contributed by atoms with van der Waals surface area (Å²) in [6.07, 6.45) is 0. The van der Waals surface area contributed by atoms with E-state index < -0.39 is 5.41 Å². The average molecular weight is 291 g/mol. The lowest BCUT2D eigenvalue weighted by atomic mass is 9.84. The maximum Gasteiger partial charge on any atom is 0.231 e. The van der Waals surface area contributed by atoms with Crippen molar-refractivity contribution in [3.05, 3.63) is 47.4 Å². The van der Waals surface area contributed by atoms with E-state index in [0.29, 0.717) is 11.7 Å². The van der Waals surface area contributed by atoms with E-state index in [1.165, 1.54) is 12.1 Å². The molecule has 4 nitrogen and oxygen atoms in total. The fraction of sp³-hybridized carbons (Fsp3) is 0.500. The maximum absolute atomic E-state index is 13.1. The molecule has 1 heterocycles. The number of nitrogens with zero attached hydrogens (tertiary/aromatic N) is 2. The Morgan fingerprint density at radius 3 is 2.38 bits per heavy atom. The molecule has 1 aromatic heterocycles. The first-order valence-corrected chi connectivity index (χ1v) is 7.13. The molecule has 0 saturated heterocycles. The zero-order valence-electron chi connectivity index (χ0n) is 13.1. The lowest BCUT2D eigenvalue weighted by Gasteiger charge is -2.21. The van der Waals surface area contributed by atoms with Gasteiger partial charge in [-0.15, -0.1) is 0 Å². The quantitative estimate of drug-likeness (QED) is 0.918. The van der Waals surface area contributed by atoms with Crippen molar-refractivity contribution in [2.24, 2.45) is 0 Å². The number of aromatic nitrogens is 2.